The summed E-state index contributed by atoms with van der Waals surface area (Å²) in [5, 5.41) is 9.84. The Balaban J connectivity index is 2.68. The topological polar surface area (TPSA) is 75.2 Å². The van der Waals surface area contributed by atoms with Gasteiger partial charge in [0.05, 0.1) is 17.3 Å². The zero-order valence-corrected chi connectivity index (χ0v) is 14.9. The third kappa shape index (κ3) is 3.13. The Morgan fingerprint density at radius 3 is 2.57 bits per heavy atom. The van der Waals surface area contributed by atoms with E-state index in [1.54, 1.807) is 12.1 Å². The number of hydrogen-bond acceptors (Lipinski definition) is 4. The van der Waals surface area contributed by atoms with Gasteiger partial charge in [0, 0.05) is 5.56 Å². The first-order valence-corrected chi connectivity index (χ1v) is 7.80. The molecule has 112 valence electrons. The molecule has 1 aromatic heterocycles. The molecule has 0 fully saturated rings. The van der Waals surface area contributed by atoms with Crippen molar-refractivity contribution < 1.29 is 9.84 Å². The van der Waals surface area contributed by atoms with Gasteiger partial charge in [-0.2, -0.15) is 0 Å². The standard InChI is InChI=1S/C14H14Br2N2O3/c1-6(2)11-10(16)14(20)18-13(17-11)7-4-8(15)12(19)9(5-7)21-3/h4-6,19H,1-3H3,(H,17,18,20). The number of halogens is 2. The molecule has 0 unspecified atom stereocenters. The Kier molecular flexibility index (Phi) is 4.73. The number of phenols is 1. The first kappa shape index (κ1) is 16.0. The zero-order valence-electron chi connectivity index (χ0n) is 11.7. The van der Waals surface area contributed by atoms with Gasteiger partial charge < -0.3 is 14.8 Å². The Hall–Kier alpha value is -1.34. The fraction of sp³-hybridized carbons (Fsp3) is 0.286. The van der Waals surface area contributed by atoms with Crippen LogP contribution in [0.1, 0.15) is 25.5 Å². The van der Waals surface area contributed by atoms with Gasteiger partial charge in [0.2, 0.25) is 0 Å². The van der Waals surface area contributed by atoms with Crippen LogP contribution < -0.4 is 10.3 Å². The van der Waals surface area contributed by atoms with E-state index in [9.17, 15) is 9.90 Å². The second kappa shape index (κ2) is 6.19. The Bertz CT molecular complexity index is 742. The van der Waals surface area contributed by atoms with Crippen LogP contribution in [0.5, 0.6) is 11.5 Å². The lowest BCUT2D eigenvalue weighted by molar-refractivity contribution is 0.372. The van der Waals surface area contributed by atoms with Crippen molar-refractivity contribution in [3.05, 3.63) is 37.1 Å². The summed E-state index contributed by atoms with van der Waals surface area (Å²) in [7, 11) is 1.46. The van der Waals surface area contributed by atoms with Crippen molar-refractivity contribution in [1.82, 2.24) is 9.97 Å². The number of aromatic nitrogens is 2. The van der Waals surface area contributed by atoms with Crippen LogP contribution >= 0.6 is 31.9 Å². The van der Waals surface area contributed by atoms with Gasteiger partial charge in [0.15, 0.2) is 11.5 Å². The Morgan fingerprint density at radius 2 is 2.00 bits per heavy atom. The summed E-state index contributed by atoms with van der Waals surface area (Å²) in [6.07, 6.45) is 0. The molecule has 0 saturated heterocycles. The number of H-pyrrole nitrogens is 1. The van der Waals surface area contributed by atoms with E-state index in [0.717, 1.165) is 0 Å². The maximum atomic E-state index is 12.0. The van der Waals surface area contributed by atoms with Gasteiger partial charge in [0.25, 0.3) is 5.56 Å². The van der Waals surface area contributed by atoms with Crippen molar-refractivity contribution in [2.24, 2.45) is 0 Å². The molecule has 0 aliphatic heterocycles. The smallest absolute Gasteiger partial charge is 0.265 e. The minimum Gasteiger partial charge on any atom is -0.503 e. The Morgan fingerprint density at radius 1 is 1.33 bits per heavy atom. The minimum atomic E-state index is -0.244. The van der Waals surface area contributed by atoms with Gasteiger partial charge in [-0.25, -0.2) is 4.98 Å². The molecular weight excluding hydrogens is 404 g/mol. The van der Waals surface area contributed by atoms with Crippen LogP contribution in [0.15, 0.2) is 25.9 Å². The molecular formula is C14H14Br2N2O3. The molecule has 0 bridgehead atoms. The highest BCUT2D eigenvalue weighted by Crippen LogP contribution is 2.37. The first-order chi connectivity index (χ1) is 9.85. The summed E-state index contributed by atoms with van der Waals surface area (Å²) in [6, 6.07) is 3.30. The van der Waals surface area contributed by atoms with Crippen molar-refractivity contribution >= 4 is 31.9 Å². The summed E-state index contributed by atoms with van der Waals surface area (Å²) >= 11 is 6.52. The molecule has 2 aromatic rings. The Labute approximate surface area is 138 Å². The molecule has 0 atom stereocenters. The van der Waals surface area contributed by atoms with E-state index >= 15 is 0 Å². The van der Waals surface area contributed by atoms with Crippen LogP contribution in [-0.2, 0) is 0 Å². The largest absolute Gasteiger partial charge is 0.503 e. The molecule has 7 heteroatoms. The molecule has 0 aliphatic carbocycles. The molecule has 2 rings (SSSR count). The van der Waals surface area contributed by atoms with Gasteiger partial charge in [-0.1, -0.05) is 13.8 Å². The van der Waals surface area contributed by atoms with Crippen LogP contribution in [0.4, 0.5) is 0 Å². The van der Waals surface area contributed by atoms with E-state index in [1.165, 1.54) is 7.11 Å². The molecule has 1 heterocycles. The predicted molar refractivity (Wildman–Crippen MR) is 88.0 cm³/mol. The van der Waals surface area contributed by atoms with Gasteiger partial charge >= 0.3 is 0 Å². The normalized spacial score (nSPS) is 11.0. The van der Waals surface area contributed by atoms with E-state index in [2.05, 4.69) is 41.8 Å². The highest BCUT2D eigenvalue weighted by Gasteiger charge is 2.16. The van der Waals surface area contributed by atoms with E-state index in [4.69, 9.17) is 4.74 Å². The van der Waals surface area contributed by atoms with Gasteiger partial charge in [-0.3, -0.25) is 4.79 Å². The number of hydrogen-bond donors (Lipinski definition) is 2. The second-order valence-corrected chi connectivity index (χ2v) is 6.42. The van der Waals surface area contributed by atoms with Crippen molar-refractivity contribution in [3.63, 3.8) is 0 Å². The maximum Gasteiger partial charge on any atom is 0.265 e. The van der Waals surface area contributed by atoms with E-state index in [0.29, 0.717) is 31.8 Å². The third-order valence-corrected chi connectivity index (χ3v) is 4.33. The van der Waals surface area contributed by atoms with Gasteiger partial charge in [-0.05, 0) is 49.9 Å². The molecule has 0 amide bonds. The maximum absolute atomic E-state index is 12.0. The molecule has 0 spiro atoms. The molecule has 1 aromatic carbocycles. The average Bonchev–Trinajstić information content (AvgIpc) is 2.44. The highest BCUT2D eigenvalue weighted by molar-refractivity contribution is 9.10. The number of rotatable bonds is 3. The van der Waals surface area contributed by atoms with E-state index < -0.39 is 0 Å². The second-order valence-electron chi connectivity index (χ2n) is 4.78. The number of phenolic OH excluding ortho intramolecular Hbond substituents is 1. The number of aromatic amines is 1. The van der Waals surface area contributed by atoms with E-state index in [1.807, 2.05) is 13.8 Å². The number of aromatic hydroxyl groups is 1. The number of methoxy groups -OCH3 is 1. The summed E-state index contributed by atoms with van der Waals surface area (Å²) in [5.41, 5.74) is 1.08. The van der Waals surface area contributed by atoms with Crippen molar-refractivity contribution in [2.45, 2.75) is 19.8 Å². The zero-order chi connectivity index (χ0) is 15.7. The van der Waals surface area contributed by atoms with Crippen LogP contribution in [-0.4, -0.2) is 22.2 Å². The summed E-state index contributed by atoms with van der Waals surface area (Å²) in [6.45, 7) is 3.92. The minimum absolute atomic E-state index is 0.00444. The lowest BCUT2D eigenvalue weighted by atomic mass is 10.1. The molecule has 2 N–H and O–H groups in total. The molecule has 21 heavy (non-hydrogen) atoms. The van der Waals surface area contributed by atoms with Crippen molar-refractivity contribution in [3.8, 4) is 22.9 Å². The van der Waals surface area contributed by atoms with Crippen LogP contribution in [0.2, 0.25) is 0 Å². The fourth-order valence-corrected chi connectivity index (χ4v) is 2.95. The summed E-state index contributed by atoms with van der Waals surface area (Å²) in [4.78, 5) is 19.2. The SMILES string of the molecule is COc1cc(-c2nc(C(C)C)c(Br)c(=O)[nH]2)cc(Br)c1O. The number of ether oxygens (including phenoxy) is 1. The van der Waals surface area contributed by atoms with Crippen LogP contribution in [0, 0.1) is 0 Å². The van der Waals surface area contributed by atoms with Gasteiger partial charge in [-0.15, -0.1) is 0 Å². The molecule has 5 nitrogen and oxygen atoms in total. The van der Waals surface area contributed by atoms with Crippen LogP contribution in [0.25, 0.3) is 11.4 Å². The highest BCUT2D eigenvalue weighted by atomic mass is 79.9. The van der Waals surface area contributed by atoms with Gasteiger partial charge in [0.1, 0.15) is 10.3 Å². The summed E-state index contributed by atoms with van der Waals surface area (Å²) < 4.78 is 6.01. The van der Waals surface area contributed by atoms with Crippen molar-refractivity contribution in [1.29, 1.82) is 0 Å². The monoisotopic (exact) mass is 416 g/mol. The van der Waals surface area contributed by atoms with Crippen molar-refractivity contribution in [2.75, 3.05) is 7.11 Å². The number of nitrogens with zero attached hydrogens (tertiary/aromatic N) is 1. The van der Waals surface area contributed by atoms with E-state index in [-0.39, 0.29) is 17.2 Å². The molecule has 0 radical (unpaired) electrons. The predicted octanol–water partition coefficient (Wildman–Crippen LogP) is 3.80. The number of nitrogens with one attached hydrogen (secondary N) is 1. The number of benzene rings is 1. The fourth-order valence-electron chi connectivity index (χ4n) is 1.86. The first-order valence-electron chi connectivity index (χ1n) is 6.21. The average molecular weight is 418 g/mol. The lowest BCUT2D eigenvalue weighted by Gasteiger charge is -2.11. The summed E-state index contributed by atoms with van der Waals surface area (Å²) in [5.74, 6) is 0.828. The molecule has 0 saturated carbocycles. The quantitative estimate of drug-likeness (QED) is 0.796. The lowest BCUT2D eigenvalue weighted by Crippen LogP contribution is -2.14. The molecule has 0 aliphatic rings. The third-order valence-electron chi connectivity index (χ3n) is 2.96. The van der Waals surface area contributed by atoms with Crippen LogP contribution in [0.3, 0.4) is 0 Å².